The summed E-state index contributed by atoms with van der Waals surface area (Å²) in [4.78, 5) is 11.1. The van der Waals surface area contributed by atoms with E-state index < -0.39 is 0 Å². The molecule has 0 spiro atoms. The zero-order chi connectivity index (χ0) is 20.7. The Kier molecular flexibility index (Phi) is 30.3. The Hall–Kier alpha value is 0.461. The van der Waals surface area contributed by atoms with Gasteiger partial charge >= 0.3 is 21.7 Å². The standard InChI is InChI=1S/C13H25NO.C9H13.C2H7Si.2ClH.Ti/c14-13(15)12-10-8-6-4-2-1-3-5-7-9-11-12;1-6-5-7(2)9(4)8(6)3;1-3-2;;;/h12H,1-11H2,(H2,14,15);6H,1-4H3;3H,1-2H3;2*1H;/q;-1;;;;+2/p-1. The van der Waals surface area contributed by atoms with E-state index >= 15 is 0 Å². The van der Waals surface area contributed by atoms with Crippen LogP contribution in [0.25, 0.3) is 5.73 Å². The molecule has 1 fully saturated rings. The first-order chi connectivity index (χ1) is 12.8. The summed E-state index contributed by atoms with van der Waals surface area (Å²) in [5, 5.41) is 0. The Labute approximate surface area is 217 Å². The second-order valence-electron chi connectivity index (χ2n) is 8.20. The molecule has 30 heavy (non-hydrogen) atoms. The average molecular weight is 511 g/mol. The number of allylic oxidation sites excluding steroid dienone is 4. The smallest absolute Gasteiger partial charge is 0.668 e. The van der Waals surface area contributed by atoms with Gasteiger partial charge in [0.25, 0.3) is 0 Å². The van der Waals surface area contributed by atoms with Crippen LogP contribution < -0.4 is 0 Å². The largest absolute Gasteiger partial charge is 2.00 e. The van der Waals surface area contributed by atoms with Crippen molar-refractivity contribution >= 4 is 40.2 Å². The van der Waals surface area contributed by atoms with E-state index in [4.69, 9.17) is 5.73 Å². The molecule has 2 nitrogen and oxygen atoms in total. The van der Waals surface area contributed by atoms with Gasteiger partial charge in [-0.2, -0.15) is 11.1 Å². The Balaban J connectivity index is -0.000000195. The van der Waals surface area contributed by atoms with Gasteiger partial charge in [-0.05, 0) is 12.8 Å². The molecule has 2 aliphatic carbocycles. The molecule has 6 heteroatoms. The first-order valence-electron chi connectivity index (χ1n) is 11.1. The summed E-state index contributed by atoms with van der Waals surface area (Å²) >= 11 is 0. The third kappa shape index (κ3) is 18.1. The second-order valence-corrected chi connectivity index (χ2v) is 9.35. The zero-order valence-corrected chi connectivity index (χ0v) is 24.6. The summed E-state index contributed by atoms with van der Waals surface area (Å²) in [6, 6.07) is 0. The molecular weight excluding hydrogens is 465 g/mol. The van der Waals surface area contributed by atoms with Crippen LogP contribution in [-0.4, -0.2) is 15.4 Å². The van der Waals surface area contributed by atoms with Crippen molar-refractivity contribution < 1.29 is 26.5 Å². The molecule has 1 unspecified atom stereocenters. The molecule has 0 aromatic carbocycles. The molecule has 1 radical (unpaired) electrons. The quantitative estimate of drug-likeness (QED) is 0.257. The number of hydrogen-bond donors (Lipinski definition) is 0. The first kappa shape index (κ1) is 37.8. The molecule has 2 aliphatic rings. The van der Waals surface area contributed by atoms with E-state index in [-0.39, 0.29) is 58.4 Å². The van der Waals surface area contributed by atoms with Crippen molar-refractivity contribution in [2.24, 2.45) is 11.8 Å². The zero-order valence-electron chi connectivity index (χ0n) is 20.2. The Bertz CT molecular complexity index is 472. The fraction of sp³-hybridized carbons (Fsp3) is 0.792. The van der Waals surface area contributed by atoms with Crippen molar-refractivity contribution in [3.8, 4) is 0 Å². The van der Waals surface area contributed by atoms with Crippen molar-refractivity contribution in [2.75, 3.05) is 0 Å². The van der Waals surface area contributed by atoms with Gasteiger partial charge in [0.2, 0.25) is 0 Å². The third-order valence-electron chi connectivity index (χ3n) is 5.71. The van der Waals surface area contributed by atoms with Gasteiger partial charge in [-0.25, -0.2) is 5.57 Å². The van der Waals surface area contributed by atoms with Crippen LogP contribution in [0, 0.1) is 17.9 Å². The monoisotopic (exact) mass is 510 g/mol. The van der Waals surface area contributed by atoms with Crippen LogP contribution in [-0.2, 0) is 26.5 Å². The molecule has 2 rings (SSSR count). The number of rotatable bonds is 1. The number of halogens is 2. The summed E-state index contributed by atoms with van der Waals surface area (Å²) < 4.78 is 0. The van der Waals surface area contributed by atoms with E-state index in [1.54, 1.807) is 0 Å². The van der Waals surface area contributed by atoms with Crippen molar-refractivity contribution in [3.63, 3.8) is 0 Å². The van der Waals surface area contributed by atoms with Crippen LogP contribution in [0.1, 0.15) is 98.3 Å². The molecule has 0 aromatic rings. The number of carbonyl (C=O) groups excluding carboxylic acids is 1. The molecule has 1 amide bonds. The van der Waals surface area contributed by atoms with Gasteiger partial charge in [0.05, 0.1) is 5.91 Å². The molecule has 0 bridgehead atoms. The van der Waals surface area contributed by atoms with Crippen molar-refractivity contribution in [2.45, 2.75) is 111 Å². The van der Waals surface area contributed by atoms with Gasteiger partial charge < -0.3 is 10.5 Å². The molecule has 0 heterocycles. The Morgan fingerprint density at radius 1 is 0.867 bits per heavy atom. The number of hydrogen-bond acceptors (Lipinski definition) is 1. The Morgan fingerprint density at radius 3 is 1.40 bits per heavy atom. The SMILES string of the molecule is CC1=[C-]C(C)C(C)=C1C.C[SiH]C.Cl.Cl.[NH-]C(=O)C1CCCCCCCCCCC1.[Ti+2]. The van der Waals surface area contributed by atoms with E-state index in [1.807, 2.05) is 0 Å². The minimum atomic E-state index is -0.327. The van der Waals surface area contributed by atoms with Crippen molar-refractivity contribution in [1.29, 1.82) is 0 Å². The molecule has 175 valence electrons. The fourth-order valence-corrected chi connectivity index (χ4v) is 3.59. The maximum atomic E-state index is 11.1. The molecule has 1 atom stereocenters. The van der Waals surface area contributed by atoms with E-state index in [9.17, 15) is 4.79 Å². The van der Waals surface area contributed by atoms with Crippen LogP contribution in [0.3, 0.4) is 0 Å². The molecular formula is C24H46Cl2NOSiTi. The fourth-order valence-electron chi connectivity index (χ4n) is 3.59. The number of amides is 1. The second kappa shape index (κ2) is 24.1. The van der Waals surface area contributed by atoms with E-state index in [0.29, 0.717) is 5.92 Å². The Morgan fingerprint density at radius 2 is 1.20 bits per heavy atom. The molecule has 0 aromatic heterocycles. The van der Waals surface area contributed by atoms with E-state index in [0.717, 1.165) is 35.2 Å². The number of nitrogens with one attached hydrogen (secondary N) is 1. The predicted octanol–water partition coefficient (Wildman–Crippen LogP) is 8.57. The van der Waals surface area contributed by atoms with E-state index in [2.05, 4.69) is 46.9 Å². The average Bonchev–Trinajstić information content (AvgIpc) is 2.82. The molecule has 1 N–H and O–H groups in total. The maximum Gasteiger partial charge on any atom is 2.00 e. The normalized spacial score (nSPS) is 20.1. The number of carbonyl (C=O) groups is 1. The van der Waals surface area contributed by atoms with Crippen LogP contribution in [0.2, 0.25) is 13.1 Å². The maximum absolute atomic E-state index is 11.1. The third-order valence-corrected chi connectivity index (χ3v) is 5.71. The van der Waals surface area contributed by atoms with Gasteiger partial charge in [-0.3, -0.25) is 6.08 Å². The van der Waals surface area contributed by atoms with Gasteiger partial charge in [0.15, 0.2) is 0 Å². The summed E-state index contributed by atoms with van der Waals surface area (Å²) in [6.07, 6.45) is 16.8. The van der Waals surface area contributed by atoms with Gasteiger partial charge in [-0.1, -0.05) is 97.6 Å². The van der Waals surface area contributed by atoms with E-state index in [1.165, 1.54) is 61.7 Å². The summed E-state index contributed by atoms with van der Waals surface area (Å²) in [5.41, 5.74) is 11.5. The van der Waals surface area contributed by atoms with Crippen molar-refractivity contribution in [3.05, 3.63) is 28.5 Å². The van der Waals surface area contributed by atoms with Gasteiger partial charge in [0.1, 0.15) is 0 Å². The molecule has 0 aliphatic heterocycles. The minimum absolute atomic E-state index is 0. The molecule has 0 saturated heterocycles. The van der Waals surface area contributed by atoms with Crippen LogP contribution >= 0.6 is 24.8 Å². The van der Waals surface area contributed by atoms with Crippen LogP contribution in [0.4, 0.5) is 0 Å². The van der Waals surface area contributed by atoms with Crippen LogP contribution in [0.5, 0.6) is 0 Å². The topological polar surface area (TPSA) is 40.9 Å². The summed E-state index contributed by atoms with van der Waals surface area (Å²) in [5.74, 6) is 0.279. The van der Waals surface area contributed by atoms with Gasteiger partial charge in [-0.15, -0.1) is 31.7 Å². The predicted molar refractivity (Wildman–Crippen MR) is 137 cm³/mol. The first-order valence-corrected chi connectivity index (χ1v) is 13.4. The van der Waals surface area contributed by atoms with Crippen LogP contribution in [0.15, 0.2) is 16.7 Å². The summed E-state index contributed by atoms with van der Waals surface area (Å²) in [7, 11) is 0.750. The van der Waals surface area contributed by atoms with Crippen molar-refractivity contribution in [1.82, 2.24) is 0 Å². The molecule has 1 saturated carbocycles. The minimum Gasteiger partial charge on any atom is -0.668 e. The summed E-state index contributed by atoms with van der Waals surface area (Å²) in [6.45, 7) is 13.1. The van der Waals surface area contributed by atoms with Gasteiger partial charge in [0, 0.05) is 15.4 Å².